The molecule has 0 fully saturated rings. The van der Waals surface area contributed by atoms with Gasteiger partial charge in [-0.05, 0) is 56.1 Å². The minimum absolute atomic E-state index is 0.108. The summed E-state index contributed by atoms with van der Waals surface area (Å²) in [6, 6.07) is 0.428. The third kappa shape index (κ3) is 3.62. The molecule has 0 radical (unpaired) electrons. The Balaban J connectivity index is 3.26. The number of halogens is 1. The summed E-state index contributed by atoms with van der Waals surface area (Å²) in [7, 11) is 1.79. The first kappa shape index (κ1) is 17.7. The summed E-state index contributed by atoms with van der Waals surface area (Å²) in [6.07, 6.45) is 3.90. The van der Waals surface area contributed by atoms with Crippen LogP contribution >= 0.6 is 15.9 Å². The molecule has 1 heterocycles. The Labute approximate surface area is 131 Å². The Morgan fingerprint density at radius 3 is 2.55 bits per heavy atom. The van der Waals surface area contributed by atoms with Crippen LogP contribution in [-0.2, 0) is 4.74 Å². The Morgan fingerprint density at radius 2 is 2.10 bits per heavy atom. The van der Waals surface area contributed by atoms with Crippen molar-refractivity contribution in [1.29, 1.82) is 0 Å². The highest BCUT2D eigenvalue weighted by atomic mass is 79.9. The molecular formula is C15H28BrN3O. The third-order valence-electron chi connectivity index (χ3n) is 3.93. The van der Waals surface area contributed by atoms with Crippen LogP contribution in [0.15, 0.2) is 10.7 Å². The van der Waals surface area contributed by atoms with Crippen molar-refractivity contribution >= 4 is 15.9 Å². The van der Waals surface area contributed by atoms with Gasteiger partial charge in [0.05, 0.1) is 28.0 Å². The first-order valence-electron chi connectivity index (χ1n) is 7.42. The number of rotatable bonds is 8. The molecule has 2 atom stereocenters. The van der Waals surface area contributed by atoms with Gasteiger partial charge in [-0.3, -0.25) is 4.68 Å². The summed E-state index contributed by atoms with van der Waals surface area (Å²) < 4.78 is 8.95. The number of methoxy groups -OCH3 is 1. The van der Waals surface area contributed by atoms with Gasteiger partial charge in [0, 0.05) is 13.2 Å². The number of hydrogen-bond acceptors (Lipinski definition) is 3. The van der Waals surface area contributed by atoms with E-state index in [0.29, 0.717) is 6.04 Å². The van der Waals surface area contributed by atoms with Gasteiger partial charge in [0.2, 0.25) is 0 Å². The first-order valence-corrected chi connectivity index (χ1v) is 8.22. The molecule has 1 aromatic heterocycles. The predicted molar refractivity (Wildman–Crippen MR) is 87.1 cm³/mol. The molecule has 0 bridgehead atoms. The molecule has 2 unspecified atom stereocenters. The summed E-state index contributed by atoms with van der Waals surface area (Å²) >= 11 is 3.65. The van der Waals surface area contributed by atoms with Crippen LogP contribution in [0.2, 0.25) is 0 Å². The molecule has 0 aliphatic heterocycles. The number of ether oxygens (including phenoxy) is 1. The van der Waals surface area contributed by atoms with Crippen LogP contribution in [-0.4, -0.2) is 29.0 Å². The molecule has 0 aromatic carbocycles. The van der Waals surface area contributed by atoms with E-state index < -0.39 is 0 Å². The number of nitrogens with zero attached hydrogens (tertiary/aromatic N) is 2. The van der Waals surface area contributed by atoms with Crippen molar-refractivity contribution in [1.82, 2.24) is 15.1 Å². The molecule has 4 nitrogen and oxygen atoms in total. The summed E-state index contributed by atoms with van der Waals surface area (Å²) in [4.78, 5) is 0. The van der Waals surface area contributed by atoms with E-state index in [4.69, 9.17) is 4.74 Å². The van der Waals surface area contributed by atoms with Gasteiger partial charge in [0.1, 0.15) is 0 Å². The zero-order valence-corrected chi connectivity index (χ0v) is 15.1. The number of aromatic nitrogens is 2. The summed E-state index contributed by atoms with van der Waals surface area (Å²) in [5, 5.41) is 8.14. The topological polar surface area (TPSA) is 39.1 Å². The minimum Gasteiger partial charge on any atom is -0.376 e. The lowest BCUT2D eigenvalue weighted by Gasteiger charge is -2.37. The van der Waals surface area contributed by atoms with Gasteiger partial charge in [0.15, 0.2) is 0 Å². The molecule has 0 aliphatic rings. The van der Waals surface area contributed by atoms with Gasteiger partial charge in [-0.25, -0.2) is 0 Å². The quantitative estimate of drug-likeness (QED) is 0.771. The maximum atomic E-state index is 5.84. The van der Waals surface area contributed by atoms with Gasteiger partial charge in [-0.2, -0.15) is 5.10 Å². The van der Waals surface area contributed by atoms with Crippen LogP contribution in [0, 0.1) is 0 Å². The summed E-state index contributed by atoms with van der Waals surface area (Å²) in [6.45, 7) is 11.7. The molecule has 1 aromatic rings. The molecule has 1 rings (SSSR count). The maximum Gasteiger partial charge on any atom is 0.0857 e. The normalized spacial score (nSPS) is 16.4. The molecule has 0 saturated heterocycles. The van der Waals surface area contributed by atoms with E-state index >= 15 is 0 Å². The van der Waals surface area contributed by atoms with Crippen molar-refractivity contribution in [3.63, 3.8) is 0 Å². The molecule has 20 heavy (non-hydrogen) atoms. The average molecular weight is 346 g/mol. The van der Waals surface area contributed by atoms with E-state index in [9.17, 15) is 0 Å². The van der Waals surface area contributed by atoms with Crippen molar-refractivity contribution < 1.29 is 4.74 Å². The fraction of sp³-hybridized carbons (Fsp3) is 0.800. The van der Waals surface area contributed by atoms with Crippen LogP contribution in [0.4, 0.5) is 0 Å². The second-order valence-electron chi connectivity index (χ2n) is 5.67. The zero-order chi connectivity index (χ0) is 15.3. The van der Waals surface area contributed by atoms with E-state index in [1.54, 1.807) is 7.11 Å². The van der Waals surface area contributed by atoms with Crippen molar-refractivity contribution in [2.75, 3.05) is 13.7 Å². The van der Waals surface area contributed by atoms with Crippen LogP contribution < -0.4 is 5.32 Å². The van der Waals surface area contributed by atoms with Crippen molar-refractivity contribution in [3.05, 3.63) is 16.4 Å². The smallest absolute Gasteiger partial charge is 0.0857 e. The lowest BCUT2D eigenvalue weighted by atomic mass is 9.90. The monoisotopic (exact) mass is 345 g/mol. The second kappa shape index (κ2) is 7.57. The van der Waals surface area contributed by atoms with Crippen LogP contribution in [0.3, 0.4) is 0 Å². The highest BCUT2D eigenvalue weighted by molar-refractivity contribution is 9.10. The Hall–Kier alpha value is -0.390. The largest absolute Gasteiger partial charge is 0.376 e. The highest BCUT2D eigenvalue weighted by Crippen LogP contribution is 2.36. The molecule has 116 valence electrons. The van der Waals surface area contributed by atoms with Crippen molar-refractivity contribution in [2.45, 2.75) is 65.1 Å². The molecular weight excluding hydrogens is 318 g/mol. The van der Waals surface area contributed by atoms with Crippen LogP contribution in [0.25, 0.3) is 0 Å². The predicted octanol–water partition coefficient (Wildman–Crippen LogP) is 4.08. The van der Waals surface area contributed by atoms with Crippen molar-refractivity contribution in [3.8, 4) is 0 Å². The number of hydrogen-bond donors (Lipinski definition) is 1. The maximum absolute atomic E-state index is 5.84. The van der Waals surface area contributed by atoms with Crippen LogP contribution in [0.5, 0.6) is 0 Å². The van der Waals surface area contributed by atoms with E-state index in [2.05, 4.69) is 65.6 Å². The standard InChI is InChI=1S/C15H28BrN3O/c1-7-9-17-14(15(5,8-2)20-6)13-12(16)10-18-19(13)11(3)4/h10-11,14,17H,7-9H2,1-6H3. The molecule has 1 N–H and O–H groups in total. The zero-order valence-electron chi connectivity index (χ0n) is 13.5. The Kier molecular flexibility index (Phi) is 6.69. The SMILES string of the molecule is CCCNC(c1c(Br)cnn1C(C)C)C(C)(CC)OC. The van der Waals surface area contributed by atoms with E-state index in [0.717, 1.165) is 23.9 Å². The summed E-state index contributed by atoms with van der Waals surface area (Å²) in [5.41, 5.74) is 0.907. The lowest BCUT2D eigenvalue weighted by molar-refractivity contribution is -0.0326. The van der Waals surface area contributed by atoms with Gasteiger partial charge >= 0.3 is 0 Å². The van der Waals surface area contributed by atoms with E-state index in [1.165, 1.54) is 5.69 Å². The fourth-order valence-corrected chi connectivity index (χ4v) is 2.89. The van der Waals surface area contributed by atoms with Gasteiger partial charge < -0.3 is 10.1 Å². The molecule has 0 amide bonds. The molecule has 5 heteroatoms. The summed E-state index contributed by atoms with van der Waals surface area (Å²) in [5.74, 6) is 0. The minimum atomic E-state index is -0.260. The second-order valence-corrected chi connectivity index (χ2v) is 6.53. The first-order chi connectivity index (χ1) is 9.41. The van der Waals surface area contributed by atoms with E-state index in [1.807, 2.05) is 6.20 Å². The van der Waals surface area contributed by atoms with Gasteiger partial charge in [0.25, 0.3) is 0 Å². The fourth-order valence-electron chi connectivity index (χ4n) is 2.39. The van der Waals surface area contributed by atoms with Crippen LogP contribution in [0.1, 0.15) is 65.2 Å². The van der Waals surface area contributed by atoms with Gasteiger partial charge in [-0.1, -0.05) is 13.8 Å². The molecule has 0 saturated carbocycles. The Morgan fingerprint density at radius 1 is 1.45 bits per heavy atom. The highest BCUT2D eigenvalue weighted by Gasteiger charge is 2.37. The van der Waals surface area contributed by atoms with Gasteiger partial charge in [-0.15, -0.1) is 0 Å². The van der Waals surface area contributed by atoms with Crippen molar-refractivity contribution in [2.24, 2.45) is 0 Å². The third-order valence-corrected chi connectivity index (χ3v) is 4.54. The van der Waals surface area contributed by atoms with E-state index in [-0.39, 0.29) is 11.6 Å². The Bertz CT molecular complexity index is 413. The number of nitrogens with one attached hydrogen (secondary N) is 1. The molecule has 0 spiro atoms. The average Bonchev–Trinajstić information content (AvgIpc) is 2.81. The lowest BCUT2D eigenvalue weighted by Crippen LogP contribution is -2.44. The molecule has 0 aliphatic carbocycles.